The number of carbonyl (C=O) groups is 1. The zero-order chi connectivity index (χ0) is 14.1. The van der Waals surface area contributed by atoms with Crippen LogP contribution in [0.25, 0.3) is 0 Å². The number of hydrogen-bond donors (Lipinski definition) is 0. The lowest BCUT2D eigenvalue weighted by molar-refractivity contribution is -0.142. The molecule has 0 fully saturated rings. The van der Waals surface area contributed by atoms with E-state index < -0.39 is 34.8 Å². The van der Waals surface area contributed by atoms with Gasteiger partial charge in [-0.25, -0.2) is 0 Å². The Morgan fingerprint density at radius 3 is 1.83 bits per heavy atom. The van der Waals surface area contributed by atoms with Crippen molar-refractivity contribution in [1.29, 1.82) is 0 Å². The van der Waals surface area contributed by atoms with E-state index in [0.717, 1.165) is 7.11 Å². The Bertz CT molecular complexity index is 461. The molecule has 18 heavy (non-hydrogen) atoms. The molecule has 0 aliphatic rings. The molecule has 0 bridgehead atoms. The Balaban J connectivity index is 3.57. The van der Waals surface area contributed by atoms with Crippen molar-refractivity contribution in [3.8, 4) is 5.75 Å². The van der Waals surface area contributed by atoms with Crippen LogP contribution in [0.4, 0.5) is 26.3 Å². The fraction of sp³-hybridized carbons (Fsp3) is 0.300. The molecule has 0 amide bonds. The van der Waals surface area contributed by atoms with Gasteiger partial charge in [0.15, 0.2) is 6.29 Å². The number of methoxy groups -OCH3 is 1. The van der Waals surface area contributed by atoms with E-state index in [1.807, 2.05) is 0 Å². The fourth-order valence-corrected chi connectivity index (χ4v) is 1.33. The summed E-state index contributed by atoms with van der Waals surface area (Å²) in [6.45, 7) is 0. The third kappa shape index (κ3) is 2.74. The van der Waals surface area contributed by atoms with Gasteiger partial charge in [-0.1, -0.05) is 0 Å². The van der Waals surface area contributed by atoms with Crippen LogP contribution in [0.1, 0.15) is 21.5 Å². The van der Waals surface area contributed by atoms with Crippen LogP contribution in [0.2, 0.25) is 0 Å². The molecule has 0 heterocycles. The molecule has 0 N–H and O–H groups in total. The summed E-state index contributed by atoms with van der Waals surface area (Å²) in [6.07, 6.45) is -10.1. The van der Waals surface area contributed by atoms with E-state index in [-0.39, 0.29) is 18.4 Å². The first-order chi connectivity index (χ1) is 8.11. The summed E-state index contributed by atoms with van der Waals surface area (Å²) in [7, 11) is 0.811. The zero-order valence-electron chi connectivity index (χ0n) is 8.82. The largest absolute Gasteiger partial charge is 0.496 e. The Kier molecular flexibility index (Phi) is 3.59. The molecule has 0 aliphatic heterocycles. The minimum Gasteiger partial charge on any atom is -0.496 e. The maximum atomic E-state index is 12.5. The van der Waals surface area contributed by atoms with Crippen molar-refractivity contribution >= 4 is 6.29 Å². The molecule has 8 heteroatoms. The van der Waals surface area contributed by atoms with Gasteiger partial charge in [-0.2, -0.15) is 26.3 Å². The molecule has 0 saturated heterocycles. The topological polar surface area (TPSA) is 26.3 Å². The van der Waals surface area contributed by atoms with E-state index in [1.54, 1.807) is 0 Å². The molecular formula is C10H6F6O2. The van der Waals surface area contributed by atoms with E-state index in [9.17, 15) is 31.1 Å². The first-order valence-electron chi connectivity index (χ1n) is 4.43. The number of alkyl halides is 6. The fourth-order valence-electron chi connectivity index (χ4n) is 1.33. The predicted molar refractivity (Wildman–Crippen MR) is 48.4 cm³/mol. The average molecular weight is 272 g/mol. The van der Waals surface area contributed by atoms with Gasteiger partial charge in [0.05, 0.1) is 18.2 Å². The highest BCUT2D eigenvalue weighted by molar-refractivity contribution is 5.79. The van der Waals surface area contributed by atoms with Gasteiger partial charge in [0.25, 0.3) is 0 Å². The number of aldehydes is 1. The normalized spacial score (nSPS) is 12.4. The molecular weight excluding hydrogens is 266 g/mol. The first-order valence-corrected chi connectivity index (χ1v) is 4.43. The van der Waals surface area contributed by atoms with Gasteiger partial charge >= 0.3 is 12.4 Å². The number of rotatable bonds is 2. The second-order valence-corrected chi connectivity index (χ2v) is 3.25. The summed E-state index contributed by atoms with van der Waals surface area (Å²) in [5.74, 6) is -0.986. The van der Waals surface area contributed by atoms with Gasteiger partial charge in [0, 0.05) is 5.56 Å². The van der Waals surface area contributed by atoms with Crippen LogP contribution in [-0.4, -0.2) is 13.4 Å². The predicted octanol–water partition coefficient (Wildman–Crippen LogP) is 3.55. The molecule has 2 nitrogen and oxygen atoms in total. The molecule has 0 saturated carbocycles. The third-order valence-corrected chi connectivity index (χ3v) is 2.11. The van der Waals surface area contributed by atoms with Crippen LogP contribution in [0.5, 0.6) is 5.75 Å². The maximum Gasteiger partial charge on any atom is 0.419 e. The average Bonchev–Trinajstić information content (AvgIpc) is 2.24. The Hall–Kier alpha value is -1.73. The summed E-state index contributed by atoms with van der Waals surface area (Å²) in [5, 5.41) is 0. The highest BCUT2D eigenvalue weighted by Crippen LogP contribution is 2.41. The van der Waals surface area contributed by atoms with Crippen LogP contribution in [0, 0.1) is 0 Å². The Morgan fingerprint density at radius 1 is 1.00 bits per heavy atom. The van der Waals surface area contributed by atoms with E-state index in [4.69, 9.17) is 0 Å². The van der Waals surface area contributed by atoms with Gasteiger partial charge < -0.3 is 4.74 Å². The molecule has 1 rings (SSSR count). The van der Waals surface area contributed by atoms with Gasteiger partial charge in [0.1, 0.15) is 5.75 Å². The van der Waals surface area contributed by atoms with E-state index in [0.29, 0.717) is 0 Å². The minimum absolute atomic E-state index is 0.120. The number of carbonyl (C=O) groups excluding carboxylic acids is 1. The van der Waals surface area contributed by atoms with Crippen LogP contribution < -0.4 is 4.74 Å². The highest BCUT2D eigenvalue weighted by atomic mass is 19.4. The van der Waals surface area contributed by atoms with Crippen molar-refractivity contribution in [2.45, 2.75) is 12.4 Å². The number of ether oxygens (including phenoxy) is 1. The summed E-state index contributed by atoms with van der Waals surface area (Å²) in [4.78, 5) is 10.4. The number of halogens is 6. The first kappa shape index (κ1) is 14.3. The quantitative estimate of drug-likeness (QED) is 0.608. The molecule has 1 aromatic rings. The monoisotopic (exact) mass is 272 g/mol. The Labute approximate surface area is 97.2 Å². The second kappa shape index (κ2) is 4.51. The summed E-state index contributed by atoms with van der Waals surface area (Å²) >= 11 is 0. The third-order valence-electron chi connectivity index (χ3n) is 2.11. The van der Waals surface area contributed by atoms with Crippen LogP contribution >= 0.6 is 0 Å². The SMILES string of the molecule is COc1cc(C(F)(F)F)c(C=O)cc1C(F)(F)F. The summed E-state index contributed by atoms with van der Waals surface area (Å²) in [6, 6.07) is 0.279. The molecule has 0 spiro atoms. The van der Waals surface area contributed by atoms with E-state index >= 15 is 0 Å². The van der Waals surface area contributed by atoms with Gasteiger partial charge in [-0.05, 0) is 12.1 Å². The van der Waals surface area contributed by atoms with Gasteiger partial charge in [0.2, 0.25) is 0 Å². The van der Waals surface area contributed by atoms with Crippen molar-refractivity contribution in [2.75, 3.05) is 7.11 Å². The zero-order valence-corrected chi connectivity index (χ0v) is 8.82. The molecule has 0 radical (unpaired) electrons. The van der Waals surface area contributed by atoms with Gasteiger partial charge in [-0.3, -0.25) is 4.79 Å². The second-order valence-electron chi connectivity index (χ2n) is 3.25. The summed E-state index contributed by atoms with van der Waals surface area (Å²) in [5.41, 5.74) is -3.99. The molecule has 0 unspecified atom stereocenters. The molecule has 100 valence electrons. The molecule has 0 aliphatic carbocycles. The van der Waals surface area contributed by atoms with Crippen molar-refractivity contribution in [3.05, 3.63) is 28.8 Å². The van der Waals surface area contributed by atoms with Crippen LogP contribution in [-0.2, 0) is 12.4 Å². The van der Waals surface area contributed by atoms with Crippen LogP contribution in [0.15, 0.2) is 12.1 Å². The lowest BCUT2D eigenvalue weighted by atomic mass is 10.0. The van der Waals surface area contributed by atoms with Crippen molar-refractivity contribution in [1.82, 2.24) is 0 Å². The lowest BCUT2D eigenvalue weighted by Gasteiger charge is -2.16. The van der Waals surface area contributed by atoms with Crippen molar-refractivity contribution in [2.24, 2.45) is 0 Å². The number of hydrogen-bond acceptors (Lipinski definition) is 2. The van der Waals surface area contributed by atoms with Crippen molar-refractivity contribution in [3.63, 3.8) is 0 Å². The van der Waals surface area contributed by atoms with Gasteiger partial charge in [-0.15, -0.1) is 0 Å². The molecule has 0 aromatic heterocycles. The van der Waals surface area contributed by atoms with Crippen LogP contribution in [0.3, 0.4) is 0 Å². The van der Waals surface area contributed by atoms with E-state index in [2.05, 4.69) is 4.74 Å². The lowest BCUT2D eigenvalue weighted by Crippen LogP contribution is -2.14. The number of benzene rings is 1. The standard InChI is InChI=1S/C10H6F6O2/c1-18-8-3-6(9(11,12)13)5(4-17)2-7(8)10(14,15)16/h2-4H,1H3. The summed E-state index contributed by atoms with van der Waals surface area (Å²) < 4.78 is 79.2. The smallest absolute Gasteiger partial charge is 0.419 e. The minimum atomic E-state index is -4.94. The van der Waals surface area contributed by atoms with Crippen molar-refractivity contribution < 1.29 is 35.9 Å². The Morgan fingerprint density at radius 2 is 1.50 bits per heavy atom. The maximum absolute atomic E-state index is 12.5. The highest BCUT2D eigenvalue weighted by Gasteiger charge is 2.40. The molecule has 1 aromatic carbocycles. The van der Waals surface area contributed by atoms with E-state index in [1.165, 1.54) is 0 Å². The molecule has 0 atom stereocenters.